The van der Waals surface area contributed by atoms with Crippen LogP contribution in [0.1, 0.15) is 58.2 Å². The number of hydrogen-bond acceptors (Lipinski definition) is 5. The molecule has 3 aliphatic rings. The van der Waals surface area contributed by atoms with Crippen LogP contribution >= 0.6 is 0 Å². The number of imidazole rings is 1. The van der Waals surface area contributed by atoms with Gasteiger partial charge in [-0.05, 0) is 43.9 Å². The molecule has 3 aliphatic heterocycles. The first-order chi connectivity index (χ1) is 14.6. The Morgan fingerprint density at radius 2 is 1.77 bits per heavy atom. The van der Waals surface area contributed by atoms with Crippen molar-refractivity contribution in [2.75, 3.05) is 31.1 Å². The van der Waals surface area contributed by atoms with Crippen molar-refractivity contribution in [1.82, 2.24) is 24.4 Å². The summed E-state index contributed by atoms with van der Waals surface area (Å²) >= 11 is 0. The maximum absolute atomic E-state index is 13.1. The van der Waals surface area contributed by atoms with E-state index >= 15 is 0 Å². The van der Waals surface area contributed by atoms with Crippen molar-refractivity contribution in [2.24, 2.45) is 17.8 Å². The highest BCUT2D eigenvalue weighted by molar-refractivity contribution is 5.84. The quantitative estimate of drug-likeness (QED) is 0.760. The van der Waals surface area contributed by atoms with Crippen LogP contribution < -0.4 is 4.90 Å². The Balaban J connectivity index is 1.30. The minimum absolute atomic E-state index is 0.148. The Bertz CT molecular complexity index is 906. The van der Waals surface area contributed by atoms with Gasteiger partial charge in [-0.25, -0.2) is 15.0 Å². The lowest BCUT2D eigenvalue weighted by Gasteiger charge is -2.39. The van der Waals surface area contributed by atoms with Crippen LogP contribution in [0.3, 0.4) is 0 Å². The van der Waals surface area contributed by atoms with Crippen LogP contribution in [0.2, 0.25) is 0 Å². The summed E-state index contributed by atoms with van der Waals surface area (Å²) in [7, 11) is 0. The molecule has 0 saturated carbocycles. The summed E-state index contributed by atoms with van der Waals surface area (Å²) in [6.07, 6.45) is 9.41. The molecule has 5 heterocycles. The van der Waals surface area contributed by atoms with E-state index in [-0.39, 0.29) is 5.92 Å². The second-order valence-electron chi connectivity index (χ2n) is 9.81. The van der Waals surface area contributed by atoms with Gasteiger partial charge in [0.25, 0.3) is 0 Å². The molecule has 30 heavy (non-hydrogen) atoms. The third-order valence-corrected chi connectivity index (χ3v) is 7.20. The van der Waals surface area contributed by atoms with Crippen molar-refractivity contribution in [2.45, 2.75) is 65.3 Å². The van der Waals surface area contributed by atoms with Crippen molar-refractivity contribution < 1.29 is 4.79 Å². The summed E-state index contributed by atoms with van der Waals surface area (Å²) in [5, 5.41) is 0. The van der Waals surface area contributed by atoms with Crippen LogP contribution in [0.15, 0.2) is 6.33 Å². The summed E-state index contributed by atoms with van der Waals surface area (Å²) in [5.74, 6) is 3.85. The molecule has 7 heteroatoms. The van der Waals surface area contributed by atoms with E-state index in [0.717, 1.165) is 74.8 Å². The lowest BCUT2D eigenvalue weighted by molar-refractivity contribution is -0.138. The van der Waals surface area contributed by atoms with E-state index in [1.54, 1.807) is 6.33 Å². The molecule has 2 aromatic rings. The number of carbonyl (C=O) groups is 1. The van der Waals surface area contributed by atoms with Crippen LogP contribution in [0, 0.1) is 17.8 Å². The topological polar surface area (TPSA) is 67.2 Å². The first-order valence-electron chi connectivity index (χ1n) is 11.8. The zero-order valence-electron chi connectivity index (χ0n) is 18.4. The monoisotopic (exact) mass is 410 g/mol. The molecule has 0 N–H and O–H groups in total. The molecule has 2 aromatic heterocycles. The van der Waals surface area contributed by atoms with Gasteiger partial charge in [0.05, 0.1) is 0 Å². The van der Waals surface area contributed by atoms with E-state index in [1.807, 2.05) is 0 Å². The van der Waals surface area contributed by atoms with E-state index in [1.165, 1.54) is 25.7 Å². The molecule has 0 radical (unpaired) electrons. The largest absolute Gasteiger partial charge is 0.355 e. The molecule has 162 valence electrons. The molecule has 0 unspecified atom stereocenters. The molecule has 0 spiro atoms. The van der Waals surface area contributed by atoms with Gasteiger partial charge < -0.3 is 14.4 Å². The van der Waals surface area contributed by atoms with Gasteiger partial charge in [0.1, 0.15) is 12.2 Å². The van der Waals surface area contributed by atoms with Crippen LogP contribution in [-0.2, 0) is 17.8 Å². The molecule has 5 rings (SSSR count). The second kappa shape index (κ2) is 8.16. The predicted octanol–water partition coefficient (Wildman–Crippen LogP) is 3.27. The summed E-state index contributed by atoms with van der Waals surface area (Å²) in [4.78, 5) is 31.7. The van der Waals surface area contributed by atoms with Crippen molar-refractivity contribution in [3.8, 4) is 0 Å². The number of amides is 1. The summed E-state index contributed by atoms with van der Waals surface area (Å²) in [6, 6.07) is 0. The number of likely N-dealkylation sites (tertiary alicyclic amines) is 1. The Morgan fingerprint density at radius 3 is 2.53 bits per heavy atom. The van der Waals surface area contributed by atoms with Crippen molar-refractivity contribution >= 4 is 22.9 Å². The average Bonchev–Trinajstić information content (AvgIpc) is 2.94. The molecule has 7 nitrogen and oxygen atoms in total. The molecular weight excluding hydrogens is 376 g/mol. The maximum Gasteiger partial charge on any atom is 0.225 e. The number of aryl methyl sites for hydroxylation is 2. The fraction of sp³-hybridized carbons (Fsp3) is 0.739. The Labute approximate surface area is 178 Å². The van der Waals surface area contributed by atoms with Gasteiger partial charge >= 0.3 is 0 Å². The van der Waals surface area contributed by atoms with Gasteiger partial charge in [-0.15, -0.1) is 0 Å². The van der Waals surface area contributed by atoms with E-state index in [4.69, 9.17) is 4.98 Å². The number of anilines is 1. The number of fused-ring (bicyclic) bond motifs is 3. The van der Waals surface area contributed by atoms with Crippen molar-refractivity contribution in [3.63, 3.8) is 0 Å². The Kier molecular flexibility index (Phi) is 5.37. The Hall–Kier alpha value is -2.18. The van der Waals surface area contributed by atoms with Crippen molar-refractivity contribution in [3.05, 3.63) is 12.2 Å². The zero-order valence-corrected chi connectivity index (χ0v) is 18.4. The summed E-state index contributed by atoms with van der Waals surface area (Å²) < 4.78 is 2.29. The molecule has 2 fully saturated rings. The lowest BCUT2D eigenvalue weighted by Crippen LogP contribution is -2.48. The predicted molar refractivity (Wildman–Crippen MR) is 117 cm³/mol. The SMILES string of the molecule is C[C@@H]1C[C@@H](C)CN(C(=O)C2CCN(c3ncnc4c3nc3n4CCCCC3)CC2)C1. The van der Waals surface area contributed by atoms with Gasteiger partial charge in [0, 0.05) is 45.1 Å². The minimum Gasteiger partial charge on any atom is -0.355 e. The number of piperidine rings is 2. The fourth-order valence-electron chi connectivity index (χ4n) is 5.80. The highest BCUT2D eigenvalue weighted by Crippen LogP contribution is 2.31. The third kappa shape index (κ3) is 3.67. The number of nitrogens with zero attached hydrogens (tertiary/aromatic N) is 6. The van der Waals surface area contributed by atoms with Crippen LogP contribution in [-0.4, -0.2) is 56.5 Å². The van der Waals surface area contributed by atoms with E-state index in [2.05, 4.69) is 38.2 Å². The summed E-state index contributed by atoms with van der Waals surface area (Å²) in [5.41, 5.74) is 1.92. The zero-order chi connectivity index (χ0) is 20.7. The van der Waals surface area contributed by atoms with Crippen molar-refractivity contribution in [1.29, 1.82) is 0 Å². The average molecular weight is 411 g/mol. The Morgan fingerprint density at radius 1 is 1.00 bits per heavy atom. The van der Waals surface area contributed by atoms with E-state index < -0.39 is 0 Å². The molecule has 1 amide bonds. The van der Waals surface area contributed by atoms with Crippen LogP contribution in [0.4, 0.5) is 5.82 Å². The molecule has 0 aromatic carbocycles. The van der Waals surface area contributed by atoms with Gasteiger partial charge in [0.2, 0.25) is 5.91 Å². The first kappa shape index (κ1) is 19.8. The number of rotatable bonds is 2. The lowest BCUT2D eigenvalue weighted by atomic mass is 9.89. The number of carbonyl (C=O) groups excluding carboxylic acids is 1. The second-order valence-corrected chi connectivity index (χ2v) is 9.81. The van der Waals surface area contributed by atoms with Crippen LogP contribution in [0.25, 0.3) is 11.2 Å². The minimum atomic E-state index is 0.148. The van der Waals surface area contributed by atoms with E-state index in [0.29, 0.717) is 17.7 Å². The van der Waals surface area contributed by atoms with Gasteiger partial charge in [-0.1, -0.05) is 20.3 Å². The third-order valence-electron chi connectivity index (χ3n) is 7.20. The van der Waals surface area contributed by atoms with Gasteiger partial charge in [-0.2, -0.15) is 0 Å². The standard InChI is InChI=1S/C23H34N6O/c1-16-12-17(2)14-28(13-16)23(30)18-7-10-27(11-8-18)21-20-22(25-15-24-21)29-9-5-3-4-6-19(29)26-20/h15-18H,3-14H2,1-2H3/t16-,17-/m1/s1. The molecule has 0 bridgehead atoms. The fourth-order valence-corrected chi connectivity index (χ4v) is 5.80. The molecule has 0 aliphatic carbocycles. The first-order valence-corrected chi connectivity index (χ1v) is 11.8. The van der Waals surface area contributed by atoms with Gasteiger partial charge in [0.15, 0.2) is 17.0 Å². The maximum atomic E-state index is 13.1. The number of aromatic nitrogens is 4. The highest BCUT2D eigenvalue weighted by atomic mass is 16.2. The summed E-state index contributed by atoms with van der Waals surface area (Å²) in [6.45, 7) is 9.13. The molecular formula is C23H34N6O. The molecule has 2 atom stereocenters. The van der Waals surface area contributed by atoms with Crippen LogP contribution in [0.5, 0.6) is 0 Å². The molecule has 2 saturated heterocycles. The normalized spacial score (nSPS) is 25.9. The highest BCUT2D eigenvalue weighted by Gasteiger charge is 2.33. The van der Waals surface area contributed by atoms with Gasteiger partial charge in [-0.3, -0.25) is 4.79 Å². The van der Waals surface area contributed by atoms with E-state index in [9.17, 15) is 4.79 Å². The smallest absolute Gasteiger partial charge is 0.225 e. The number of hydrogen-bond donors (Lipinski definition) is 0.